The molecular formula is C23H26FN5O3S. The Bertz CT molecular complexity index is 1240. The molecule has 0 radical (unpaired) electrons. The molecule has 6 rings (SSSR count). The maximum atomic E-state index is 16.5. The zero-order valence-electron chi connectivity index (χ0n) is 18.3. The van der Waals surface area contributed by atoms with Crippen molar-refractivity contribution in [2.45, 2.75) is 43.4 Å². The number of hydrogen-bond donors (Lipinski definition) is 1. The van der Waals surface area contributed by atoms with Crippen molar-refractivity contribution < 1.29 is 14.3 Å². The van der Waals surface area contributed by atoms with E-state index in [0.29, 0.717) is 29.2 Å². The number of anilines is 2. The van der Waals surface area contributed by atoms with E-state index < -0.39 is 17.2 Å². The first-order valence-electron chi connectivity index (χ1n) is 11.7. The predicted molar refractivity (Wildman–Crippen MR) is 128 cm³/mol. The third kappa shape index (κ3) is 3.21. The van der Waals surface area contributed by atoms with Gasteiger partial charge in [-0.05, 0) is 50.3 Å². The largest absolute Gasteiger partial charge is 0.477 e. The maximum absolute atomic E-state index is 16.5. The van der Waals surface area contributed by atoms with Crippen LogP contribution in [0.2, 0.25) is 0 Å². The van der Waals surface area contributed by atoms with Crippen LogP contribution in [0.1, 0.15) is 48.9 Å². The van der Waals surface area contributed by atoms with E-state index >= 15 is 4.39 Å². The number of thioether (sulfide) groups is 1. The molecule has 4 aliphatic rings. The minimum Gasteiger partial charge on any atom is -0.477 e. The van der Waals surface area contributed by atoms with E-state index in [-0.39, 0.29) is 16.6 Å². The van der Waals surface area contributed by atoms with Gasteiger partial charge in [0.25, 0.3) is 0 Å². The first-order chi connectivity index (χ1) is 16.0. The van der Waals surface area contributed by atoms with Gasteiger partial charge in [0.1, 0.15) is 5.56 Å². The highest BCUT2D eigenvalue weighted by Crippen LogP contribution is 2.48. The Balaban J connectivity index is 1.71. The molecule has 0 bridgehead atoms. The van der Waals surface area contributed by atoms with Crippen LogP contribution in [0.4, 0.5) is 15.8 Å². The number of carboxylic acids is 1. The van der Waals surface area contributed by atoms with Gasteiger partial charge in [-0.15, -0.1) is 5.10 Å². The van der Waals surface area contributed by atoms with Crippen LogP contribution >= 0.6 is 11.8 Å². The molecule has 0 atom stereocenters. The van der Waals surface area contributed by atoms with Gasteiger partial charge in [0.05, 0.1) is 27.2 Å². The molecule has 1 aromatic heterocycles. The summed E-state index contributed by atoms with van der Waals surface area (Å²) < 4.78 is 18.0. The topological polar surface area (TPSA) is 81.4 Å². The highest BCUT2D eigenvalue weighted by molar-refractivity contribution is 8.14. The Morgan fingerprint density at radius 3 is 2.03 bits per heavy atom. The van der Waals surface area contributed by atoms with E-state index in [1.54, 1.807) is 0 Å². The third-order valence-electron chi connectivity index (χ3n) is 7.11. The summed E-state index contributed by atoms with van der Waals surface area (Å²) in [5, 5.41) is 15.4. The van der Waals surface area contributed by atoms with Crippen molar-refractivity contribution in [2.75, 3.05) is 49.1 Å². The van der Waals surface area contributed by atoms with Crippen molar-refractivity contribution in [1.29, 1.82) is 0 Å². The van der Waals surface area contributed by atoms with Gasteiger partial charge < -0.3 is 19.8 Å². The molecule has 174 valence electrons. The molecular weight excluding hydrogens is 445 g/mol. The van der Waals surface area contributed by atoms with Gasteiger partial charge in [0.15, 0.2) is 11.0 Å². The van der Waals surface area contributed by atoms with Crippen LogP contribution < -0.4 is 15.2 Å². The number of pyridine rings is 1. The second-order valence-corrected chi connectivity index (χ2v) is 10.1. The average molecular weight is 472 g/mol. The molecule has 0 saturated carbocycles. The molecule has 3 fully saturated rings. The molecule has 0 unspecified atom stereocenters. The van der Waals surface area contributed by atoms with Crippen LogP contribution in [0.15, 0.2) is 21.0 Å². The molecule has 33 heavy (non-hydrogen) atoms. The molecule has 0 spiro atoms. The molecule has 0 amide bonds. The predicted octanol–water partition coefficient (Wildman–Crippen LogP) is 3.36. The first kappa shape index (κ1) is 20.8. The summed E-state index contributed by atoms with van der Waals surface area (Å²) in [6.07, 6.45) is 7.27. The second kappa shape index (κ2) is 7.93. The molecule has 8 nitrogen and oxygen atoms in total. The van der Waals surface area contributed by atoms with Crippen LogP contribution in [0, 0.1) is 5.82 Å². The summed E-state index contributed by atoms with van der Waals surface area (Å²) in [6, 6.07) is 0. The van der Waals surface area contributed by atoms with Crippen molar-refractivity contribution in [1.82, 2.24) is 9.58 Å². The van der Waals surface area contributed by atoms with Gasteiger partial charge in [-0.25, -0.2) is 13.9 Å². The van der Waals surface area contributed by atoms with Crippen molar-refractivity contribution in [3.8, 4) is 0 Å². The van der Waals surface area contributed by atoms with Crippen LogP contribution in [0.5, 0.6) is 0 Å². The molecule has 0 aliphatic carbocycles. The lowest BCUT2D eigenvalue weighted by molar-refractivity contribution is 0.0695. The Labute approximate surface area is 194 Å². The average Bonchev–Trinajstić information content (AvgIpc) is 3.58. The van der Waals surface area contributed by atoms with Crippen LogP contribution in [-0.2, 0) is 0 Å². The summed E-state index contributed by atoms with van der Waals surface area (Å²) in [4.78, 5) is 32.3. The fraction of sp³-hybridized carbons (Fsp3) is 0.522. The Kier molecular flexibility index (Phi) is 5.01. The number of nitrogens with zero attached hydrogens (tertiary/aromatic N) is 5. The fourth-order valence-corrected chi connectivity index (χ4v) is 6.73. The summed E-state index contributed by atoms with van der Waals surface area (Å²) in [7, 11) is 0. The molecule has 1 N–H and O–H groups in total. The van der Waals surface area contributed by atoms with Crippen LogP contribution in [0.25, 0.3) is 10.9 Å². The molecule has 5 heterocycles. The zero-order chi connectivity index (χ0) is 22.7. The van der Waals surface area contributed by atoms with Crippen molar-refractivity contribution >= 4 is 45.2 Å². The lowest BCUT2D eigenvalue weighted by atomic mass is 10.1. The summed E-state index contributed by atoms with van der Waals surface area (Å²) in [5.41, 5.74) is 0.302. The van der Waals surface area contributed by atoms with E-state index in [2.05, 4.69) is 9.80 Å². The van der Waals surface area contributed by atoms with Crippen LogP contribution in [-0.4, -0.2) is 65.1 Å². The van der Waals surface area contributed by atoms with Crippen LogP contribution in [0.3, 0.4) is 0 Å². The SMILES string of the molecule is O=C(O)c1cn2c3c(c(N4CCCC4)c(F)c(N4CCCC4)c3c1=O)SC(N1CCCC1)=N2. The fourth-order valence-electron chi connectivity index (χ4n) is 5.50. The lowest BCUT2D eigenvalue weighted by Gasteiger charge is -2.32. The van der Waals surface area contributed by atoms with Gasteiger partial charge >= 0.3 is 5.97 Å². The van der Waals surface area contributed by atoms with Crippen molar-refractivity contribution in [3.05, 3.63) is 27.8 Å². The monoisotopic (exact) mass is 471 g/mol. The maximum Gasteiger partial charge on any atom is 0.341 e. The molecule has 4 aliphatic heterocycles. The number of hydrogen-bond acceptors (Lipinski definition) is 7. The summed E-state index contributed by atoms with van der Waals surface area (Å²) >= 11 is 1.42. The van der Waals surface area contributed by atoms with E-state index in [0.717, 1.165) is 69.9 Å². The number of benzene rings is 1. The highest BCUT2D eigenvalue weighted by atomic mass is 32.2. The Morgan fingerprint density at radius 1 is 0.909 bits per heavy atom. The van der Waals surface area contributed by atoms with Crippen molar-refractivity contribution in [3.63, 3.8) is 0 Å². The highest BCUT2D eigenvalue weighted by Gasteiger charge is 2.36. The standard InChI is InChI=1S/C23H26FN5O3S/c24-16-17(26-7-1-2-8-26)15-18-21(19(16)27-9-3-4-10-27)33-23(28-11-5-6-12-28)25-29(18)13-14(20(15)30)22(31)32/h13H,1-12H2,(H,31,32). The Morgan fingerprint density at radius 2 is 1.45 bits per heavy atom. The van der Waals surface area contributed by atoms with Gasteiger partial charge in [0, 0.05) is 45.5 Å². The summed E-state index contributed by atoms with van der Waals surface area (Å²) in [6.45, 7) is 4.56. The quantitative estimate of drug-likeness (QED) is 0.735. The smallest absolute Gasteiger partial charge is 0.341 e. The number of halogens is 1. The minimum absolute atomic E-state index is 0.143. The molecule has 10 heteroatoms. The molecule has 2 aromatic rings. The number of aromatic carboxylic acids is 1. The minimum atomic E-state index is -1.32. The molecule has 1 aromatic carbocycles. The van der Waals surface area contributed by atoms with E-state index in [9.17, 15) is 14.7 Å². The first-order valence-corrected chi connectivity index (χ1v) is 12.6. The number of carboxylic acid groups (broad SMARTS) is 1. The van der Waals surface area contributed by atoms with E-state index in [4.69, 9.17) is 5.10 Å². The van der Waals surface area contributed by atoms with Gasteiger partial charge in [-0.2, -0.15) is 0 Å². The van der Waals surface area contributed by atoms with Gasteiger partial charge in [-0.1, -0.05) is 0 Å². The number of amidine groups is 1. The summed E-state index contributed by atoms with van der Waals surface area (Å²) in [5.74, 6) is -1.72. The number of aromatic nitrogens is 1. The normalized spacial score (nSPS) is 20.3. The third-order valence-corrected chi connectivity index (χ3v) is 8.22. The van der Waals surface area contributed by atoms with Gasteiger partial charge in [-0.3, -0.25) is 4.79 Å². The molecule has 3 saturated heterocycles. The van der Waals surface area contributed by atoms with Gasteiger partial charge in [0.2, 0.25) is 5.43 Å². The Hall–Kier alpha value is -2.75. The van der Waals surface area contributed by atoms with E-state index in [1.807, 2.05) is 4.90 Å². The lowest BCUT2D eigenvalue weighted by Crippen LogP contribution is -2.32. The van der Waals surface area contributed by atoms with Crippen molar-refractivity contribution in [2.24, 2.45) is 5.10 Å². The second-order valence-electron chi connectivity index (χ2n) is 9.15. The number of likely N-dealkylation sites (tertiary alicyclic amines) is 1. The number of carbonyl (C=O) groups is 1. The zero-order valence-corrected chi connectivity index (χ0v) is 19.2. The number of rotatable bonds is 3. The van der Waals surface area contributed by atoms with E-state index in [1.165, 1.54) is 22.6 Å².